The van der Waals surface area contributed by atoms with Gasteiger partial charge in [0.2, 0.25) is 5.95 Å². The monoisotopic (exact) mass is 589 g/mol. The zero-order valence-electron chi connectivity index (χ0n) is 20.1. The number of nitrogens with one attached hydrogen (secondary N) is 1. The second-order valence-electron chi connectivity index (χ2n) is 8.48. The minimum Gasteiger partial charge on any atom is -0.481 e. The Morgan fingerprint density at radius 1 is 1.19 bits per heavy atom. The zero-order valence-corrected chi connectivity index (χ0v) is 22.5. The van der Waals surface area contributed by atoms with Crippen LogP contribution in [-0.4, -0.2) is 27.0 Å². The minimum absolute atomic E-state index is 0.0533. The smallest absolute Gasteiger partial charge is 0.481 e. The summed E-state index contributed by atoms with van der Waals surface area (Å²) in [6.07, 6.45) is -2.40. The van der Waals surface area contributed by atoms with E-state index in [1.165, 1.54) is 12.1 Å². The van der Waals surface area contributed by atoms with Gasteiger partial charge in [-0.3, -0.25) is 4.79 Å². The quantitative estimate of drug-likeness (QED) is 0.234. The zero-order chi connectivity index (χ0) is 26.6. The van der Waals surface area contributed by atoms with E-state index in [1.807, 2.05) is 10.6 Å². The van der Waals surface area contributed by atoms with Crippen molar-refractivity contribution in [2.24, 2.45) is 5.92 Å². The molecule has 3 rings (SSSR count). The number of aliphatic carboxylic acids is 1. The maximum Gasteiger partial charge on any atom is 0.573 e. The Morgan fingerprint density at radius 3 is 2.47 bits per heavy atom. The highest BCUT2D eigenvalue weighted by molar-refractivity contribution is 9.10. The maximum absolute atomic E-state index is 13.1. The number of carboxylic acids is 1. The first-order chi connectivity index (χ1) is 17.0. The van der Waals surface area contributed by atoms with E-state index in [9.17, 15) is 23.1 Å². The van der Waals surface area contributed by atoms with Crippen LogP contribution in [0, 0.1) is 5.92 Å². The molecule has 0 amide bonds. The molecule has 0 spiro atoms. The molecule has 1 aromatic heterocycles. The van der Waals surface area contributed by atoms with Crippen molar-refractivity contribution in [2.75, 3.05) is 5.32 Å². The number of nitrogens with zero attached hydrogens (tertiary/aromatic N) is 2. The molecular formula is C25H28BrClF3N3O3. The number of fused-ring (bicyclic) bond motifs is 1. The fourth-order valence-corrected chi connectivity index (χ4v) is 4.85. The number of carboxylic acid groups (broad SMARTS) is 1. The Labute approximate surface area is 220 Å². The molecule has 0 radical (unpaired) electrons. The summed E-state index contributed by atoms with van der Waals surface area (Å²) in [5.74, 6) is -1.46. The first kappa shape index (κ1) is 28.1. The predicted octanol–water partition coefficient (Wildman–Crippen LogP) is 8.50. The number of carbonyl (C=O) groups is 1. The fraction of sp³-hybridized carbons (Fsp3) is 0.440. The summed E-state index contributed by atoms with van der Waals surface area (Å²) in [7, 11) is 0. The van der Waals surface area contributed by atoms with Gasteiger partial charge >= 0.3 is 12.3 Å². The van der Waals surface area contributed by atoms with Crippen LogP contribution < -0.4 is 10.1 Å². The molecule has 0 fully saturated rings. The second-order valence-corrected chi connectivity index (χ2v) is 9.80. The van der Waals surface area contributed by atoms with Crippen LogP contribution >= 0.6 is 27.5 Å². The number of hydrogen-bond acceptors (Lipinski definition) is 4. The van der Waals surface area contributed by atoms with Gasteiger partial charge in [-0.2, -0.15) is 0 Å². The van der Waals surface area contributed by atoms with Crippen molar-refractivity contribution in [3.63, 3.8) is 0 Å². The van der Waals surface area contributed by atoms with Crippen LogP contribution in [0.1, 0.15) is 57.9 Å². The van der Waals surface area contributed by atoms with E-state index in [0.717, 1.165) is 23.9 Å². The van der Waals surface area contributed by atoms with Gasteiger partial charge in [-0.1, -0.05) is 54.4 Å². The van der Waals surface area contributed by atoms with Gasteiger partial charge in [0.25, 0.3) is 0 Å². The average Bonchev–Trinajstić information content (AvgIpc) is 3.16. The lowest BCUT2D eigenvalue weighted by molar-refractivity contribution is -0.274. The molecule has 1 heterocycles. The molecule has 36 heavy (non-hydrogen) atoms. The molecule has 6 nitrogen and oxygen atoms in total. The molecule has 0 aliphatic heterocycles. The summed E-state index contributed by atoms with van der Waals surface area (Å²) in [5.41, 5.74) is 2.31. The van der Waals surface area contributed by atoms with Crippen LogP contribution in [0.5, 0.6) is 5.75 Å². The van der Waals surface area contributed by atoms with Crippen molar-refractivity contribution in [1.29, 1.82) is 0 Å². The molecule has 0 aliphatic rings. The van der Waals surface area contributed by atoms with Gasteiger partial charge < -0.3 is 19.7 Å². The normalized spacial score (nSPS) is 12.8. The number of hydrogen-bond donors (Lipinski definition) is 2. The van der Waals surface area contributed by atoms with Gasteiger partial charge in [0.15, 0.2) is 5.75 Å². The Hall–Kier alpha value is -2.46. The predicted molar refractivity (Wildman–Crippen MR) is 138 cm³/mol. The van der Waals surface area contributed by atoms with E-state index in [2.05, 4.69) is 44.8 Å². The molecule has 0 aliphatic carbocycles. The Kier molecular flexibility index (Phi) is 9.16. The maximum atomic E-state index is 13.1. The van der Waals surface area contributed by atoms with E-state index >= 15 is 0 Å². The second kappa shape index (κ2) is 11.7. The van der Waals surface area contributed by atoms with Gasteiger partial charge in [0.1, 0.15) is 5.52 Å². The highest BCUT2D eigenvalue weighted by Gasteiger charge is 2.32. The van der Waals surface area contributed by atoms with Crippen molar-refractivity contribution >= 4 is 56.2 Å². The molecule has 1 atom stereocenters. The Bertz CT molecular complexity index is 1230. The molecule has 1 unspecified atom stereocenters. The number of anilines is 2. The standard InChI is InChI=1S/C25H28BrClF3N3O3/c1-4-14(5-2)17-8-9-18(27)21-22(17)33(12-11-15(6-3)23(34)35)24(32-21)31-19-10-7-16(26)13-20(19)36-25(28,29)30/h7-10,13-15H,4-6,11-12H2,1-3H3,(H,31,32)(H,34,35). The lowest BCUT2D eigenvalue weighted by Gasteiger charge is -2.19. The third-order valence-corrected chi connectivity index (χ3v) is 7.06. The molecule has 0 saturated carbocycles. The highest BCUT2D eigenvalue weighted by Crippen LogP contribution is 2.39. The van der Waals surface area contributed by atoms with Gasteiger partial charge in [0.05, 0.1) is 22.1 Å². The molecule has 11 heteroatoms. The van der Waals surface area contributed by atoms with Crippen molar-refractivity contribution in [2.45, 2.75) is 65.3 Å². The number of imidazole rings is 1. The molecule has 0 bridgehead atoms. The molecule has 196 valence electrons. The number of rotatable bonds is 11. The third kappa shape index (κ3) is 6.45. The summed E-state index contributed by atoms with van der Waals surface area (Å²) in [6.45, 7) is 6.24. The number of benzene rings is 2. The van der Waals surface area contributed by atoms with Crippen molar-refractivity contribution in [1.82, 2.24) is 9.55 Å². The van der Waals surface area contributed by atoms with Crippen LogP contribution in [0.4, 0.5) is 24.8 Å². The Balaban J connectivity index is 2.19. The van der Waals surface area contributed by atoms with E-state index < -0.39 is 24.0 Å². The van der Waals surface area contributed by atoms with E-state index in [0.29, 0.717) is 27.9 Å². The molecule has 3 aromatic rings. The first-order valence-corrected chi connectivity index (χ1v) is 12.9. The molecule has 0 saturated heterocycles. The average molecular weight is 591 g/mol. The topological polar surface area (TPSA) is 76.4 Å². The third-order valence-electron chi connectivity index (χ3n) is 6.26. The summed E-state index contributed by atoms with van der Waals surface area (Å²) in [6, 6.07) is 7.95. The number of halogens is 5. The first-order valence-electron chi connectivity index (χ1n) is 11.7. The van der Waals surface area contributed by atoms with Crippen LogP contribution in [0.2, 0.25) is 5.02 Å². The number of aromatic nitrogens is 2. The van der Waals surface area contributed by atoms with Gasteiger partial charge in [-0.05, 0) is 61.4 Å². The van der Waals surface area contributed by atoms with Crippen molar-refractivity contribution < 1.29 is 27.8 Å². The van der Waals surface area contributed by atoms with Crippen LogP contribution in [0.25, 0.3) is 11.0 Å². The van der Waals surface area contributed by atoms with Gasteiger partial charge in [0, 0.05) is 11.0 Å². The van der Waals surface area contributed by atoms with Crippen LogP contribution in [-0.2, 0) is 11.3 Å². The Morgan fingerprint density at radius 2 is 1.89 bits per heavy atom. The largest absolute Gasteiger partial charge is 0.573 e. The molecular weight excluding hydrogens is 563 g/mol. The SMILES string of the molecule is CCC(CCn1c(Nc2ccc(Br)cc2OC(F)(F)F)nc2c(Cl)ccc(C(CC)CC)c21)C(=O)O. The number of alkyl halides is 3. The molecule has 2 aromatic carbocycles. The van der Waals surface area contributed by atoms with E-state index in [4.69, 9.17) is 11.6 Å². The minimum atomic E-state index is -4.89. The fourth-order valence-electron chi connectivity index (χ4n) is 4.32. The lowest BCUT2D eigenvalue weighted by Crippen LogP contribution is -2.18. The van der Waals surface area contributed by atoms with Gasteiger partial charge in [-0.15, -0.1) is 13.2 Å². The lowest BCUT2D eigenvalue weighted by atomic mass is 9.92. The highest BCUT2D eigenvalue weighted by atomic mass is 79.9. The van der Waals surface area contributed by atoms with Crippen molar-refractivity contribution in [3.8, 4) is 5.75 Å². The summed E-state index contributed by atoms with van der Waals surface area (Å²) in [4.78, 5) is 16.3. The van der Waals surface area contributed by atoms with Crippen LogP contribution in [0.15, 0.2) is 34.8 Å². The number of ether oxygens (including phenoxy) is 1. The summed E-state index contributed by atoms with van der Waals surface area (Å²) >= 11 is 9.69. The van der Waals surface area contributed by atoms with E-state index in [-0.39, 0.29) is 24.1 Å². The summed E-state index contributed by atoms with van der Waals surface area (Å²) < 4.78 is 45.7. The summed E-state index contributed by atoms with van der Waals surface area (Å²) in [5, 5.41) is 12.9. The number of aryl methyl sites for hydroxylation is 1. The van der Waals surface area contributed by atoms with E-state index in [1.54, 1.807) is 19.1 Å². The van der Waals surface area contributed by atoms with Crippen LogP contribution in [0.3, 0.4) is 0 Å². The van der Waals surface area contributed by atoms with Gasteiger partial charge in [-0.25, -0.2) is 4.98 Å². The van der Waals surface area contributed by atoms with Crippen molar-refractivity contribution in [3.05, 3.63) is 45.4 Å². The molecule has 2 N–H and O–H groups in total.